The summed E-state index contributed by atoms with van der Waals surface area (Å²) in [6.07, 6.45) is 5.31. The van der Waals surface area contributed by atoms with Crippen LogP contribution < -0.4 is 0 Å². The van der Waals surface area contributed by atoms with Crippen LogP contribution in [0.1, 0.15) is 81.6 Å². The Bertz CT molecular complexity index is 35.0. The van der Waals surface area contributed by atoms with Crippen LogP contribution >= 0.6 is 9.90 Å². The highest BCUT2D eigenvalue weighted by Crippen LogP contribution is 2.09. The predicted octanol–water partition coefficient (Wildman–Crippen LogP) is 5.97. The average Bonchev–Trinajstić information content (AvgIpc) is 2.12. The fraction of sp³-hybridized carbons (Fsp3) is 1.00. The van der Waals surface area contributed by atoms with Crippen molar-refractivity contribution in [1.82, 2.24) is 0 Å². The Labute approximate surface area is 97.9 Å². The van der Waals surface area contributed by atoms with Crippen molar-refractivity contribution >= 4 is 9.90 Å². The summed E-state index contributed by atoms with van der Waals surface area (Å²) < 4.78 is 0. The van der Waals surface area contributed by atoms with Crippen molar-refractivity contribution in [1.29, 1.82) is 0 Å². The fourth-order valence-corrected chi connectivity index (χ4v) is 0.866. The smallest absolute Gasteiger partial charge is 0.0422 e. The Morgan fingerprint density at radius 3 is 0.857 bits per heavy atom. The second kappa shape index (κ2) is 37.6. The third kappa shape index (κ3) is 39.3. The lowest BCUT2D eigenvalue weighted by Gasteiger charge is -2.05. The van der Waals surface area contributed by atoms with Crippen LogP contribution in [0.2, 0.25) is 0 Å². The van der Waals surface area contributed by atoms with Gasteiger partial charge in [0.05, 0.1) is 0 Å². The second-order valence-corrected chi connectivity index (χ2v) is 2.80. The molecule has 1 heteroatoms. The maximum atomic E-state index is 2.26. The molecule has 0 fully saturated rings. The van der Waals surface area contributed by atoms with E-state index in [2.05, 4.69) is 34.6 Å². The first-order chi connectivity index (χ1) is 5.76. The van der Waals surface area contributed by atoms with E-state index in [1.54, 1.807) is 0 Å². The van der Waals surface area contributed by atoms with E-state index in [4.69, 9.17) is 0 Å². The minimum atomic E-state index is 0. The molecule has 1 unspecified atom stereocenters. The van der Waals surface area contributed by atoms with Crippen molar-refractivity contribution in [3.63, 3.8) is 0 Å². The molecule has 0 saturated carbocycles. The quantitative estimate of drug-likeness (QED) is 0.518. The van der Waals surface area contributed by atoms with Crippen molar-refractivity contribution in [2.45, 2.75) is 81.6 Å². The summed E-state index contributed by atoms with van der Waals surface area (Å²) in [7, 11) is 0. The van der Waals surface area contributed by atoms with E-state index in [1.807, 2.05) is 13.8 Å². The van der Waals surface area contributed by atoms with Gasteiger partial charge in [-0.15, -0.1) is 0 Å². The van der Waals surface area contributed by atoms with Crippen molar-refractivity contribution in [3.8, 4) is 0 Å². The summed E-state index contributed by atoms with van der Waals surface area (Å²) in [5, 5.41) is 0. The standard InChI is InChI=1S/C7H16.C3H8.C2H6.CH4.H3P/c1-4-7(5-2)6-3;1-3-2;1-2;;/h7H,4-6H2,1-3H3;3H2,1-2H3;1-2H3;1H4;1H3. The molecule has 0 N–H and O–H groups in total. The third-order valence-electron chi connectivity index (χ3n) is 1.73. The first-order valence-electron chi connectivity index (χ1n) is 5.76. The van der Waals surface area contributed by atoms with E-state index in [-0.39, 0.29) is 17.3 Å². The van der Waals surface area contributed by atoms with Crippen LogP contribution in [0.25, 0.3) is 0 Å². The van der Waals surface area contributed by atoms with Gasteiger partial charge in [0, 0.05) is 0 Å². The van der Waals surface area contributed by atoms with Gasteiger partial charge in [0.15, 0.2) is 0 Å². The molecule has 0 saturated heterocycles. The zero-order chi connectivity index (χ0) is 10.4. The Kier molecular flexibility index (Phi) is 78.6. The molecule has 0 aliphatic carbocycles. The molecule has 0 bridgehead atoms. The first kappa shape index (κ1) is 29.3. The van der Waals surface area contributed by atoms with Gasteiger partial charge in [-0.1, -0.05) is 81.6 Å². The normalized spacial score (nSPS) is 6.86. The van der Waals surface area contributed by atoms with Crippen LogP contribution in [-0.4, -0.2) is 0 Å². The van der Waals surface area contributed by atoms with Gasteiger partial charge in [0.1, 0.15) is 0 Å². The van der Waals surface area contributed by atoms with Gasteiger partial charge in [-0.3, -0.25) is 0 Å². The van der Waals surface area contributed by atoms with E-state index in [1.165, 1.54) is 25.7 Å². The molecule has 0 nitrogen and oxygen atoms in total. The molecule has 0 aromatic rings. The topological polar surface area (TPSA) is 0 Å². The molecule has 1 atom stereocenters. The SMILES string of the molecule is C.CC.CCC.CCC(CC)CC.P. The number of hydrogen-bond donors (Lipinski definition) is 0. The van der Waals surface area contributed by atoms with E-state index < -0.39 is 0 Å². The minimum absolute atomic E-state index is 0. The maximum absolute atomic E-state index is 2.26. The van der Waals surface area contributed by atoms with Crippen LogP contribution in [0.5, 0.6) is 0 Å². The van der Waals surface area contributed by atoms with Crippen molar-refractivity contribution < 1.29 is 0 Å². The molecule has 0 aromatic heterocycles. The monoisotopic (exact) mass is 224 g/mol. The molecule has 94 valence electrons. The summed E-state index contributed by atoms with van der Waals surface area (Å²) >= 11 is 0. The van der Waals surface area contributed by atoms with Crippen molar-refractivity contribution in [3.05, 3.63) is 0 Å². The molecule has 0 rings (SSSR count). The highest BCUT2D eigenvalue weighted by molar-refractivity contribution is 6.92. The van der Waals surface area contributed by atoms with Gasteiger partial charge < -0.3 is 0 Å². The molecule has 14 heavy (non-hydrogen) atoms. The Balaban J connectivity index is -0.0000000337. The van der Waals surface area contributed by atoms with E-state index in [0.717, 1.165) is 5.92 Å². The summed E-state index contributed by atoms with van der Waals surface area (Å²) in [5.74, 6) is 0.986. The van der Waals surface area contributed by atoms with E-state index >= 15 is 0 Å². The highest BCUT2D eigenvalue weighted by Gasteiger charge is 1.95. The average molecular weight is 224 g/mol. The maximum Gasteiger partial charge on any atom is -0.0422 e. The van der Waals surface area contributed by atoms with Gasteiger partial charge in [0.2, 0.25) is 0 Å². The van der Waals surface area contributed by atoms with Gasteiger partial charge in [-0.2, -0.15) is 9.90 Å². The van der Waals surface area contributed by atoms with Gasteiger partial charge in [-0.05, 0) is 5.92 Å². The van der Waals surface area contributed by atoms with Crippen molar-refractivity contribution in [2.75, 3.05) is 0 Å². The molecule has 0 aromatic carbocycles. The molecular weight excluding hydrogens is 187 g/mol. The Hall–Kier alpha value is 0.430. The zero-order valence-corrected chi connectivity index (χ0v) is 12.5. The Morgan fingerprint density at radius 2 is 0.857 bits per heavy atom. The molecule has 0 radical (unpaired) electrons. The minimum Gasteiger partial charge on any atom is -0.153 e. The lowest BCUT2D eigenvalue weighted by atomic mass is 10.0. The molecule has 0 heterocycles. The fourth-order valence-electron chi connectivity index (χ4n) is 0.866. The molecule has 0 spiro atoms. The second-order valence-electron chi connectivity index (χ2n) is 2.80. The molecular formula is C13H37P. The van der Waals surface area contributed by atoms with Gasteiger partial charge in [-0.25, -0.2) is 0 Å². The zero-order valence-electron chi connectivity index (χ0n) is 11.1. The first-order valence-corrected chi connectivity index (χ1v) is 5.76. The summed E-state index contributed by atoms with van der Waals surface area (Å²) in [6.45, 7) is 15.0. The lowest BCUT2D eigenvalue weighted by molar-refractivity contribution is 0.477. The van der Waals surface area contributed by atoms with Crippen LogP contribution in [0, 0.1) is 5.92 Å². The van der Waals surface area contributed by atoms with Crippen LogP contribution in [-0.2, 0) is 0 Å². The van der Waals surface area contributed by atoms with Crippen molar-refractivity contribution in [2.24, 2.45) is 5.92 Å². The molecule has 0 amide bonds. The molecule has 0 aliphatic rings. The van der Waals surface area contributed by atoms with E-state index in [9.17, 15) is 0 Å². The summed E-state index contributed by atoms with van der Waals surface area (Å²) in [5.41, 5.74) is 0. The van der Waals surface area contributed by atoms with Gasteiger partial charge >= 0.3 is 0 Å². The lowest BCUT2D eigenvalue weighted by Crippen LogP contribution is -1.91. The van der Waals surface area contributed by atoms with Crippen LogP contribution in [0.4, 0.5) is 0 Å². The summed E-state index contributed by atoms with van der Waals surface area (Å²) in [6, 6.07) is 0. The number of rotatable bonds is 3. The highest BCUT2D eigenvalue weighted by atomic mass is 31.0. The third-order valence-corrected chi connectivity index (χ3v) is 1.73. The Morgan fingerprint density at radius 1 is 0.714 bits per heavy atom. The summed E-state index contributed by atoms with van der Waals surface area (Å²) in [4.78, 5) is 0. The molecule has 0 aliphatic heterocycles. The van der Waals surface area contributed by atoms with Crippen LogP contribution in [0.15, 0.2) is 0 Å². The van der Waals surface area contributed by atoms with E-state index in [0.29, 0.717) is 0 Å². The van der Waals surface area contributed by atoms with Gasteiger partial charge in [0.25, 0.3) is 0 Å². The number of hydrogen-bond acceptors (Lipinski definition) is 0. The largest absolute Gasteiger partial charge is 0.153 e. The van der Waals surface area contributed by atoms with Crippen LogP contribution in [0.3, 0.4) is 0 Å². The predicted molar refractivity (Wildman–Crippen MR) is 79.5 cm³/mol.